The van der Waals surface area contributed by atoms with E-state index < -0.39 is 0 Å². The molecule has 3 heteroatoms. The number of amides is 1. The highest BCUT2D eigenvalue weighted by atomic mass is 16.1. The van der Waals surface area contributed by atoms with E-state index in [0.29, 0.717) is 0 Å². The summed E-state index contributed by atoms with van der Waals surface area (Å²) in [5.41, 5.74) is 6.94. The summed E-state index contributed by atoms with van der Waals surface area (Å²) in [4.78, 5) is 12.3. The van der Waals surface area contributed by atoms with Crippen LogP contribution < -0.4 is 11.1 Å². The number of hydrogen-bond donors (Lipinski definition) is 2. The summed E-state index contributed by atoms with van der Waals surface area (Å²) in [6.45, 7) is 6.16. The molecule has 1 rings (SSSR count). The van der Waals surface area contributed by atoms with Gasteiger partial charge >= 0.3 is 0 Å². The minimum atomic E-state index is 0.0480. The Bertz CT molecular complexity index is 403. The maximum Gasteiger partial charge on any atom is 0.223 e. The van der Waals surface area contributed by atoms with Crippen LogP contribution in [0.1, 0.15) is 64.5 Å². The van der Waals surface area contributed by atoms with Crippen molar-refractivity contribution in [1.29, 1.82) is 0 Å². The van der Waals surface area contributed by atoms with Crippen LogP contribution >= 0.6 is 0 Å². The lowest BCUT2D eigenvalue weighted by atomic mass is 9.98. The van der Waals surface area contributed by atoms with Gasteiger partial charge in [0.2, 0.25) is 5.91 Å². The Morgan fingerprint density at radius 2 is 1.81 bits per heavy atom. The third-order valence-corrected chi connectivity index (χ3v) is 3.84. The molecule has 0 radical (unpaired) electrons. The summed E-state index contributed by atoms with van der Waals surface area (Å²) in [6, 6.07) is 10.6. The molecule has 0 bridgehead atoms. The molecule has 1 aromatic rings. The molecule has 0 heterocycles. The molecule has 0 aromatic heterocycles. The van der Waals surface area contributed by atoms with Crippen molar-refractivity contribution >= 4 is 5.91 Å². The first-order chi connectivity index (χ1) is 10.0. The lowest BCUT2D eigenvalue weighted by molar-refractivity contribution is -0.125. The van der Waals surface area contributed by atoms with Crippen molar-refractivity contribution in [2.24, 2.45) is 11.7 Å². The molecule has 0 spiro atoms. The number of nitrogens with one attached hydrogen (secondary N) is 1. The minimum absolute atomic E-state index is 0.0480. The highest BCUT2D eigenvalue weighted by Crippen LogP contribution is 2.19. The average molecular weight is 290 g/mol. The fourth-order valence-electron chi connectivity index (χ4n) is 2.49. The van der Waals surface area contributed by atoms with E-state index in [0.717, 1.165) is 32.1 Å². The second-order valence-electron chi connectivity index (χ2n) is 6.07. The Balaban J connectivity index is 2.52. The van der Waals surface area contributed by atoms with Crippen LogP contribution in [0.15, 0.2) is 30.3 Å². The fourth-order valence-corrected chi connectivity index (χ4v) is 2.49. The van der Waals surface area contributed by atoms with E-state index in [4.69, 9.17) is 5.73 Å². The van der Waals surface area contributed by atoms with Crippen LogP contribution in [0.25, 0.3) is 0 Å². The summed E-state index contributed by atoms with van der Waals surface area (Å²) in [7, 11) is 0. The zero-order chi connectivity index (χ0) is 15.7. The molecule has 3 N–H and O–H groups in total. The highest BCUT2D eigenvalue weighted by Gasteiger charge is 2.18. The molecule has 0 fully saturated rings. The van der Waals surface area contributed by atoms with E-state index in [9.17, 15) is 4.79 Å². The van der Waals surface area contributed by atoms with Gasteiger partial charge in [0.15, 0.2) is 0 Å². The number of rotatable bonds is 9. The third kappa shape index (κ3) is 6.76. The number of carbonyl (C=O) groups excluding carboxylic acids is 1. The van der Waals surface area contributed by atoms with E-state index in [-0.39, 0.29) is 23.9 Å². The Kier molecular flexibility index (Phi) is 8.06. The summed E-state index contributed by atoms with van der Waals surface area (Å²) < 4.78 is 0. The largest absolute Gasteiger partial charge is 0.349 e. The van der Waals surface area contributed by atoms with Crippen molar-refractivity contribution in [3.63, 3.8) is 0 Å². The molecule has 3 atom stereocenters. The molecule has 3 unspecified atom stereocenters. The molecule has 0 saturated carbocycles. The van der Waals surface area contributed by atoms with Gasteiger partial charge < -0.3 is 11.1 Å². The van der Waals surface area contributed by atoms with Crippen LogP contribution in [0.4, 0.5) is 0 Å². The molecule has 0 aliphatic rings. The van der Waals surface area contributed by atoms with E-state index in [2.05, 4.69) is 24.4 Å². The number of carbonyl (C=O) groups is 1. The Morgan fingerprint density at radius 1 is 1.14 bits per heavy atom. The molecular formula is C18H30N2O. The normalized spacial score (nSPS) is 15.2. The van der Waals surface area contributed by atoms with Crippen molar-refractivity contribution in [3.8, 4) is 0 Å². The molecule has 0 aliphatic heterocycles. The summed E-state index contributed by atoms with van der Waals surface area (Å²) >= 11 is 0. The summed E-state index contributed by atoms with van der Waals surface area (Å²) in [5, 5.41) is 3.20. The molecule has 21 heavy (non-hydrogen) atoms. The van der Waals surface area contributed by atoms with Gasteiger partial charge in [0.05, 0.1) is 6.04 Å². The predicted octanol–water partition coefficient (Wildman–Crippen LogP) is 3.80. The Labute approximate surface area is 129 Å². The molecule has 0 saturated heterocycles. The van der Waals surface area contributed by atoms with E-state index in [1.807, 2.05) is 32.0 Å². The maximum atomic E-state index is 12.3. The SMILES string of the molecule is CCCC(NC(=O)C(C)CCCC(C)N)c1ccccc1. The van der Waals surface area contributed by atoms with Crippen LogP contribution in [0.5, 0.6) is 0 Å². The fraction of sp³-hybridized carbons (Fsp3) is 0.611. The molecular weight excluding hydrogens is 260 g/mol. The first kappa shape index (κ1) is 17.7. The summed E-state index contributed by atoms with van der Waals surface area (Å²) in [5.74, 6) is 0.203. The highest BCUT2D eigenvalue weighted by molar-refractivity contribution is 5.78. The van der Waals surface area contributed by atoms with Crippen molar-refractivity contribution in [2.75, 3.05) is 0 Å². The van der Waals surface area contributed by atoms with Crippen molar-refractivity contribution in [3.05, 3.63) is 35.9 Å². The number of nitrogens with two attached hydrogens (primary N) is 1. The van der Waals surface area contributed by atoms with Gasteiger partial charge in [0.1, 0.15) is 0 Å². The van der Waals surface area contributed by atoms with Crippen molar-refractivity contribution in [1.82, 2.24) is 5.32 Å². The summed E-state index contributed by atoms with van der Waals surface area (Å²) in [6.07, 6.45) is 4.92. The van der Waals surface area contributed by atoms with Gasteiger partial charge in [-0.1, -0.05) is 57.0 Å². The zero-order valence-electron chi connectivity index (χ0n) is 13.6. The zero-order valence-corrected chi connectivity index (χ0v) is 13.6. The van der Waals surface area contributed by atoms with E-state index >= 15 is 0 Å². The van der Waals surface area contributed by atoms with Crippen LogP contribution in [0.2, 0.25) is 0 Å². The first-order valence-electron chi connectivity index (χ1n) is 8.15. The Morgan fingerprint density at radius 3 is 2.38 bits per heavy atom. The lowest BCUT2D eigenvalue weighted by Crippen LogP contribution is -2.33. The van der Waals surface area contributed by atoms with Gasteiger partial charge in [-0.25, -0.2) is 0 Å². The van der Waals surface area contributed by atoms with E-state index in [1.54, 1.807) is 0 Å². The van der Waals surface area contributed by atoms with Crippen LogP contribution in [-0.4, -0.2) is 11.9 Å². The molecule has 1 amide bonds. The second kappa shape index (κ2) is 9.56. The van der Waals surface area contributed by atoms with Crippen molar-refractivity contribution < 1.29 is 4.79 Å². The number of benzene rings is 1. The van der Waals surface area contributed by atoms with Crippen LogP contribution in [-0.2, 0) is 4.79 Å². The van der Waals surface area contributed by atoms with Gasteiger partial charge in [0, 0.05) is 12.0 Å². The Hall–Kier alpha value is -1.35. The third-order valence-electron chi connectivity index (χ3n) is 3.84. The second-order valence-corrected chi connectivity index (χ2v) is 6.07. The van der Waals surface area contributed by atoms with Crippen LogP contribution in [0, 0.1) is 5.92 Å². The van der Waals surface area contributed by atoms with Gasteiger partial charge in [-0.2, -0.15) is 0 Å². The quantitative estimate of drug-likeness (QED) is 0.727. The van der Waals surface area contributed by atoms with Crippen LogP contribution in [0.3, 0.4) is 0 Å². The van der Waals surface area contributed by atoms with Gasteiger partial charge in [0.25, 0.3) is 0 Å². The molecule has 0 aliphatic carbocycles. The van der Waals surface area contributed by atoms with Gasteiger partial charge in [-0.05, 0) is 31.7 Å². The van der Waals surface area contributed by atoms with Gasteiger partial charge in [-0.3, -0.25) is 4.79 Å². The number of hydrogen-bond acceptors (Lipinski definition) is 2. The predicted molar refractivity (Wildman–Crippen MR) is 88.9 cm³/mol. The molecule has 118 valence electrons. The van der Waals surface area contributed by atoms with Gasteiger partial charge in [-0.15, -0.1) is 0 Å². The van der Waals surface area contributed by atoms with Crippen molar-refractivity contribution in [2.45, 2.75) is 65.0 Å². The monoisotopic (exact) mass is 290 g/mol. The molecule has 1 aromatic carbocycles. The smallest absolute Gasteiger partial charge is 0.223 e. The minimum Gasteiger partial charge on any atom is -0.349 e. The average Bonchev–Trinajstić information content (AvgIpc) is 2.47. The van der Waals surface area contributed by atoms with E-state index in [1.165, 1.54) is 5.56 Å². The first-order valence-corrected chi connectivity index (χ1v) is 8.15. The topological polar surface area (TPSA) is 55.1 Å². The molecule has 3 nitrogen and oxygen atoms in total. The standard InChI is InChI=1S/C18H30N2O/c1-4-9-17(16-12-6-5-7-13-16)20-18(21)14(2)10-8-11-15(3)19/h5-7,12-15,17H,4,8-11,19H2,1-3H3,(H,20,21). The maximum absolute atomic E-state index is 12.3. The lowest BCUT2D eigenvalue weighted by Gasteiger charge is -2.21.